The quantitative estimate of drug-likeness (QED) is 0.786. The van der Waals surface area contributed by atoms with Gasteiger partial charge < -0.3 is 4.74 Å². The summed E-state index contributed by atoms with van der Waals surface area (Å²) in [5.41, 5.74) is 0.273. The van der Waals surface area contributed by atoms with Crippen LogP contribution in [-0.4, -0.2) is 18.6 Å². The standard InChI is InChI=1S/C11H10BrF3O2/c1-7(16)9-3-2-8(12)6-10(9)17-5-4-11(13,14)15/h2-3,6H,4-5H2,1H3. The van der Waals surface area contributed by atoms with E-state index in [2.05, 4.69) is 15.9 Å². The molecule has 0 aliphatic rings. The average molecular weight is 311 g/mol. The van der Waals surface area contributed by atoms with E-state index >= 15 is 0 Å². The fourth-order valence-electron chi connectivity index (χ4n) is 1.18. The SMILES string of the molecule is CC(=O)c1ccc(Br)cc1OCCC(F)(F)F. The predicted octanol–water partition coefficient (Wildman–Crippen LogP) is 3.98. The summed E-state index contributed by atoms with van der Waals surface area (Å²) in [5, 5.41) is 0. The zero-order valence-corrected chi connectivity index (χ0v) is 10.6. The number of ketones is 1. The highest BCUT2D eigenvalue weighted by molar-refractivity contribution is 9.10. The monoisotopic (exact) mass is 310 g/mol. The van der Waals surface area contributed by atoms with Gasteiger partial charge in [0.25, 0.3) is 0 Å². The van der Waals surface area contributed by atoms with Gasteiger partial charge in [0.2, 0.25) is 0 Å². The molecule has 2 nitrogen and oxygen atoms in total. The summed E-state index contributed by atoms with van der Waals surface area (Å²) in [7, 11) is 0. The highest BCUT2D eigenvalue weighted by Crippen LogP contribution is 2.26. The third kappa shape index (κ3) is 4.77. The Morgan fingerprint density at radius 2 is 2.06 bits per heavy atom. The molecule has 0 fully saturated rings. The van der Waals surface area contributed by atoms with Crippen molar-refractivity contribution in [2.75, 3.05) is 6.61 Å². The Labute approximate surface area is 105 Å². The fraction of sp³-hybridized carbons (Fsp3) is 0.364. The molecular formula is C11H10BrF3O2. The number of hydrogen-bond donors (Lipinski definition) is 0. The minimum atomic E-state index is -4.26. The van der Waals surface area contributed by atoms with E-state index in [-0.39, 0.29) is 17.1 Å². The van der Waals surface area contributed by atoms with Crippen molar-refractivity contribution in [3.8, 4) is 5.75 Å². The maximum Gasteiger partial charge on any atom is 0.392 e. The highest BCUT2D eigenvalue weighted by Gasteiger charge is 2.27. The Morgan fingerprint density at radius 3 is 2.59 bits per heavy atom. The van der Waals surface area contributed by atoms with Crippen molar-refractivity contribution >= 4 is 21.7 Å². The number of halogens is 4. The molecule has 1 rings (SSSR count). The van der Waals surface area contributed by atoms with E-state index in [0.29, 0.717) is 4.47 Å². The lowest BCUT2D eigenvalue weighted by Gasteiger charge is -2.11. The molecule has 0 spiro atoms. The van der Waals surface area contributed by atoms with Crippen LogP contribution >= 0.6 is 15.9 Å². The molecule has 0 amide bonds. The fourth-order valence-corrected chi connectivity index (χ4v) is 1.52. The van der Waals surface area contributed by atoms with E-state index in [1.807, 2.05) is 0 Å². The van der Waals surface area contributed by atoms with E-state index in [0.717, 1.165) is 0 Å². The second-order valence-electron chi connectivity index (χ2n) is 3.41. The third-order valence-electron chi connectivity index (χ3n) is 1.97. The molecule has 1 aromatic rings. The molecule has 94 valence electrons. The number of ether oxygens (including phenoxy) is 1. The van der Waals surface area contributed by atoms with Crippen molar-refractivity contribution in [2.24, 2.45) is 0 Å². The number of benzene rings is 1. The summed E-state index contributed by atoms with van der Waals surface area (Å²) < 4.78 is 41.4. The first kappa shape index (κ1) is 14.0. The van der Waals surface area contributed by atoms with Crippen LogP contribution < -0.4 is 4.74 Å². The molecule has 0 radical (unpaired) electrons. The Balaban J connectivity index is 2.75. The van der Waals surface area contributed by atoms with Crippen molar-refractivity contribution < 1.29 is 22.7 Å². The zero-order valence-electron chi connectivity index (χ0n) is 8.97. The maximum absolute atomic E-state index is 11.9. The van der Waals surface area contributed by atoms with Crippen LogP contribution in [0.2, 0.25) is 0 Å². The summed E-state index contributed by atoms with van der Waals surface area (Å²) in [6, 6.07) is 4.62. The maximum atomic E-state index is 11.9. The minimum Gasteiger partial charge on any atom is -0.492 e. The van der Waals surface area contributed by atoms with E-state index in [4.69, 9.17) is 4.74 Å². The molecular weight excluding hydrogens is 301 g/mol. The van der Waals surface area contributed by atoms with Gasteiger partial charge in [0.15, 0.2) is 5.78 Å². The van der Waals surface area contributed by atoms with Crippen LogP contribution in [0.5, 0.6) is 5.75 Å². The topological polar surface area (TPSA) is 26.3 Å². The Morgan fingerprint density at radius 1 is 1.41 bits per heavy atom. The van der Waals surface area contributed by atoms with E-state index in [1.165, 1.54) is 19.1 Å². The summed E-state index contributed by atoms with van der Waals surface area (Å²) in [6.07, 6.45) is -5.31. The summed E-state index contributed by atoms with van der Waals surface area (Å²) in [6.45, 7) is 0.833. The van der Waals surface area contributed by atoms with Crippen LogP contribution in [0, 0.1) is 0 Å². The smallest absolute Gasteiger partial charge is 0.392 e. The minimum absolute atomic E-state index is 0.163. The molecule has 0 saturated carbocycles. The van der Waals surface area contributed by atoms with Gasteiger partial charge >= 0.3 is 6.18 Å². The Hall–Kier alpha value is -1.04. The molecule has 6 heteroatoms. The summed E-state index contributed by atoms with van der Waals surface area (Å²) in [5.74, 6) is -0.0874. The number of hydrogen-bond acceptors (Lipinski definition) is 2. The summed E-state index contributed by atoms with van der Waals surface area (Å²) >= 11 is 3.16. The van der Waals surface area contributed by atoms with Gasteiger partial charge in [-0.1, -0.05) is 15.9 Å². The first-order valence-corrected chi connectivity index (χ1v) is 5.59. The largest absolute Gasteiger partial charge is 0.492 e. The van der Waals surface area contributed by atoms with E-state index in [9.17, 15) is 18.0 Å². The van der Waals surface area contributed by atoms with Crippen LogP contribution in [0.3, 0.4) is 0 Å². The average Bonchev–Trinajstić information content (AvgIpc) is 2.15. The third-order valence-corrected chi connectivity index (χ3v) is 2.46. The van der Waals surface area contributed by atoms with E-state index in [1.54, 1.807) is 6.07 Å². The molecule has 0 bridgehead atoms. The van der Waals surface area contributed by atoms with Gasteiger partial charge in [-0.3, -0.25) is 4.79 Å². The molecule has 0 aromatic heterocycles. The first-order chi connectivity index (χ1) is 7.79. The van der Waals surface area contributed by atoms with E-state index < -0.39 is 19.2 Å². The Kier molecular flexibility index (Phi) is 4.56. The Bertz CT molecular complexity index is 416. The van der Waals surface area contributed by atoms with Crippen LogP contribution in [0.4, 0.5) is 13.2 Å². The lowest BCUT2D eigenvalue weighted by molar-refractivity contribution is -0.139. The molecule has 0 unspecified atom stereocenters. The number of alkyl halides is 3. The molecule has 0 saturated heterocycles. The lowest BCUT2D eigenvalue weighted by atomic mass is 10.1. The van der Waals surface area contributed by atoms with Crippen molar-refractivity contribution in [3.05, 3.63) is 28.2 Å². The number of Topliss-reactive ketones (excluding diaryl/α,β-unsaturated/α-hetero) is 1. The lowest BCUT2D eigenvalue weighted by Crippen LogP contribution is -2.13. The number of rotatable bonds is 4. The van der Waals surface area contributed by atoms with Crippen molar-refractivity contribution in [1.29, 1.82) is 0 Å². The zero-order chi connectivity index (χ0) is 13.1. The molecule has 0 aliphatic heterocycles. The van der Waals surface area contributed by atoms with Crippen LogP contribution in [0.1, 0.15) is 23.7 Å². The summed E-state index contributed by atoms with van der Waals surface area (Å²) in [4.78, 5) is 11.2. The molecule has 0 heterocycles. The van der Waals surface area contributed by atoms with Gasteiger partial charge in [0.05, 0.1) is 18.6 Å². The second kappa shape index (κ2) is 5.53. The molecule has 0 N–H and O–H groups in total. The molecule has 0 aliphatic carbocycles. The number of carbonyl (C=O) groups excluding carboxylic acids is 1. The van der Waals surface area contributed by atoms with Crippen molar-refractivity contribution in [3.63, 3.8) is 0 Å². The highest BCUT2D eigenvalue weighted by atomic mass is 79.9. The molecule has 0 atom stereocenters. The van der Waals surface area contributed by atoms with Gasteiger partial charge in [-0.2, -0.15) is 13.2 Å². The van der Waals surface area contributed by atoms with Crippen LogP contribution in [-0.2, 0) is 0 Å². The predicted molar refractivity (Wildman–Crippen MR) is 60.3 cm³/mol. The van der Waals surface area contributed by atoms with Gasteiger partial charge in [-0.05, 0) is 25.1 Å². The van der Waals surface area contributed by atoms with Crippen LogP contribution in [0.15, 0.2) is 22.7 Å². The van der Waals surface area contributed by atoms with Gasteiger partial charge in [0, 0.05) is 4.47 Å². The molecule has 17 heavy (non-hydrogen) atoms. The van der Waals surface area contributed by atoms with Gasteiger partial charge in [-0.25, -0.2) is 0 Å². The second-order valence-corrected chi connectivity index (χ2v) is 4.33. The molecule has 1 aromatic carbocycles. The van der Waals surface area contributed by atoms with Gasteiger partial charge in [-0.15, -0.1) is 0 Å². The van der Waals surface area contributed by atoms with Gasteiger partial charge in [0.1, 0.15) is 5.75 Å². The van der Waals surface area contributed by atoms with Crippen molar-refractivity contribution in [2.45, 2.75) is 19.5 Å². The van der Waals surface area contributed by atoms with Crippen LogP contribution in [0.25, 0.3) is 0 Å². The number of carbonyl (C=O) groups is 1. The van der Waals surface area contributed by atoms with Crippen molar-refractivity contribution in [1.82, 2.24) is 0 Å². The first-order valence-electron chi connectivity index (χ1n) is 4.79. The normalized spacial score (nSPS) is 11.4.